The standard InChI is InChI=1S/6ClH.Mg.H4Si/h6*1H;;1H4/q;;;;;;+2;/p-2. The van der Waals surface area contributed by atoms with Crippen molar-refractivity contribution in [1.82, 2.24) is 0 Å². The minimum absolute atomic E-state index is 0. The summed E-state index contributed by atoms with van der Waals surface area (Å²) < 4.78 is 0. The van der Waals surface area contributed by atoms with E-state index in [0.29, 0.717) is 0 Å². The summed E-state index contributed by atoms with van der Waals surface area (Å²) in [5, 5.41) is 0. The molecule has 0 unspecified atom stereocenters. The summed E-state index contributed by atoms with van der Waals surface area (Å²) in [4.78, 5) is 0. The Hall–Kier alpha value is 2.72. The van der Waals surface area contributed by atoms with Gasteiger partial charge in [0.1, 0.15) is 0 Å². The number of halogens is 6. The van der Waals surface area contributed by atoms with Crippen molar-refractivity contribution in [2.75, 3.05) is 0 Å². The molecule has 0 spiro atoms. The largest absolute Gasteiger partial charge is 2.00 e. The molecule has 0 rings (SSSR count). The quantitative estimate of drug-likeness (QED) is 0.385. The van der Waals surface area contributed by atoms with Crippen molar-refractivity contribution in [3.63, 3.8) is 0 Å². The molecule has 0 nitrogen and oxygen atoms in total. The molecular weight excluding hydrogens is 265 g/mol. The van der Waals surface area contributed by atoms with E-state index in [2.05, 4.69) is 0 Å². The summed E-state index contributed by atoms with van der Waals surface area (Å²) in [6.07, 6.45) is 0. The average Bonchev–Trinajstić information content (AvgIpc) is 0. The first-order chi connectivity index (χ1) is 0. The second-order valence-electron chi connectivity index (χ2n) is 0. The summed E-state index contributed by atoms with van der Waals surface area (Å²) in [6, 6.07) is 0. The minimum atomic E-state index is 0. The third-order valence-electron chi connectivity index (χ3n) is 0. The smallest absolute Gasteiger partial charge is 1.00 e. The van der Waals surface area contributed by atoms with E-state index in [0.717, 1.165) is 0 Å². The average molecular weight is 273 g/mol. The molecule has 0 aromatic heterocycles. The molecular formula is H8Cl6MgSi. The fraction of sp³-hybridized carbons (Fsp3) is 0. The van der Waals surface area contributed by atoms with E-state index in [9.17, 15) is 0 Å². The van der Waals surface area contributed by atoms with E-state index in [4.69, 9.17) is 0 Å². The zero-order valence-electron chi connectivity index (χ0n) is 3.10. The van der Waals surface area contributed by atoms with Crippen molar-refractivity contribution in [3.05, 3.63) is 0 Å². The van der Waals surface area contributed by atoms with Gasteiger partial charge in [0.2, 0.25) is 0 Å². The summed E-state index contributed by atoms with van der Waals surface area (Å²) in [5.41, 5.74) is 0. The molecule has 0 radical (unpaired) electrons. The molecule has 0 heterocycles. The maximum atomic E-state index is 0. The van der Waals surface area contributed by atoms with Crippen molar-refractivity contribution in [1.29, 1.82) is 0 Å². The summed E-state index contributed by atoms with van der Waals surface area (Å²) in [6.45, 7) is 0. The molecule has 8 heteroatoms. The van der Waals surface area contributed by atoms with Gasteiger partial charge in [-0.15, -0.1) is 49.6 Å². The molecule has 0 aromatic rings. The van der Waals surface area contributed by atoms with E-state index in [1.165, 1.54) is 0 Å². The predicted octanol–water partition coefficient (Wildman–Crippen LogP) is -6.14. The summed E-state index contributed by atoms with van der Waals surface area (Å²) >= 11 is 0. The number of hydrogen-bond acceptors (Lipinski definition) is 0. The van der Waals surface area contributed by atoms with Crippen LogP contribution in [-0.2, 0) is 0 Å². The molecule has 0 aliphatic rings. The maximum Gasteiger partial charge on any atom is 2.00 e. The molecule has 56 valence electrons. The summed E-state index contributed by atoms with van der Waals surface area (Å²) in [5.74, 6) is 0. The number of hydrogen-bond donors (Lipinski definition) is 0. The molecule has 0 amide bonds. The van der Waals surface area contributed by atoms with Crippen LogP contribution in [0.1, 0.15) is 0 Å². The molecule has 0 saturated heterocycles. The van der Waals surface area contributed by atoms with Gasteiger partial charge >= 0.3 is 23.1 Å². The van der Waals surface area contributed by atoms with Crippen LogP contribution in [0.15, 0.2) is 0 Å². The van der Waals surface area contributed by atoms with Crippen molar-refractivity contribution >= 4 is 83.6 Å². The SMILES string of the molecule is Cl.Cl.Cl.Cl.[Cl-].[Cl-].[Mg+2].[SiH4]. The van der Waals surface area contributed by atoms with Gasteiger partial charge in [-0.2, -0.15) is 0 Å². The molecule has 0 N–H and O–H groups in total. The van der Waals surface area contributed by atoms with Crippen LogP contribution in [0.3, 0.4) is 0 Å². The Balaban J connectivity index is 0. The number of rotatable bonds is 0. The Morgan fingerprint density at radius 3 is 0.500 bits per heavy atom. The Bertz CT molecular complexity index is 8.49. The topological polar surface area (TPSA) is 0 Å². The van der Waals surface area contributed by atoms with Crippen LogP contribution in [-0.4, -0.2) is 34.0 Å². The van der Waals surface area contributed by atoms with Crippen molar-refractivity contribution in [3.8, 4) is 0 Å². The molecule has 0 atom stereocenters. The van der Waals surface area contributed by atoms with E-state index < -0.39 is 0 Å². The van der Waals surface area contributed by atoms with Crippen LogP contribution in [0, 0.1) is 0 Å². The monoisotopic (exact) mass is 270 g/mol. The van der Waals surface area contributed by atoms with Gasteiger partial charge in [0, 0.05) is 0 Å². The van der Waals surface area contributed by atoms with Gasteiger partial charge in [-0.1, -0.05) is 0 Å². The first kappa shape index (κ1) is 137. The van der Waals surface area contributed by atoms with Crippen LogP contribution >= 0.6 is 49.6 Å². The second kappa shape index (κ2) is 99.8. The molecule has 0 aromatic carbocycles. The van der Waals surface area contributed by atoms with Crippen LogP contribution in [0.5, 0.6) is 0 Å². The van der Waals surface area contributed by atoms with Crippen LogP contribution in [0.4, 0.5) is 0 Å². The van der Waals surface area contributed by atoms with Crippen molar-refractivity contribution in [2.45, 2.75) is 0 Å². The molecule has 0 bridgehead atoms. The Morgan fingerprint density at radius 1 is 0.500 bits per heavy atom. The van der Waals surface area contributed by atoms with Crippen molar-refractivity contribution in [2.24, 2.45) is 0 Å². The molecule has 8 heavy (non-hydrogen) atoms. The van der Waals surface area contributed by atoms with E-state index in [1.807, 2.05) is 0 Å². The first-order valence-electron chi connectivity index (χ1n) is 0. The second-order valence-corrected chi connectivity index (χ2v) is 0. The molecule has 0 saturated carbocycles. The molecule has 0 fully saturated rings. The van der Waals surface area contributed by atoms with Crippen LogP contribution < -0.4 is 24.8 Å². The third-order valence-corrected chi connectivity index (χ3v) is 0. The fourth-order valence-corrected chi connectivity index (χ4v) is 0. The van der Waals surface area contributed by atoms with E-state index in [1.54, 1.807) is 0 Å². The van der Waals surface area contributed by atoms with Gasteiger partial charge < -0.3 is 24.8 Å². The van der Waals surface area contributed by atoms with E-state index >= 15 is 0 Å². The fourth-order valence-electron chi connectivity index (χ4n) is 0. The van der Waals surface area contributed by atoms with Crippen LogP contribution in [0.25, 0.3) is 0 Å². The normalized spacial score (nSPS) is 0. The Labute approximate surface area is 107 Å². The molecule has 0 aliphatic carbocycles. The van der Waals surface area contributed by atoms with Gasteiger partial charge in [-0.25, -0.2) is 0 Å². The van der Waals surface area contributed by atoms with E-state index in [-0.39, 0.29) is 108 Å². The zero-order valence-corrected chi connectivity index (χ0v) is 9.29. The minimum Gasteiger partial charge on any atom is -1.00 e. The van der Waals surface area contributed by atoms with Gasteiger partial charge in [-0.05, 0) is 11.0 Å². The van der Waals surface area contributed by atoms with Gasteiger partial charge in [0.25, 0.3) is 0 Å². The first-order valence-corrected chi connectivity index (χ1v) is 0. The third kappa shape index (κ3) is 70.2. The molecule has 0 aliphatic heterocycles. The van der Waals surface area contributed by atoms with Gasteiger partial charge in [0.15, 0.2) is 0 Å². The van der Waals surface area contributed by atoms with Crippen molar-refractivity contribution < 1.29 is 24.8 Å². The maximum absolute atomic E-state index is 0. The van der Waals surface area contributed by atoms with Crippen LogP contribution in [0.2, 0.25) is 0 Å². The Kier molecular flexibility index (Phi) is 1710. The summed E-state index contributed by atoms with van der Waals surface area (Å²) in [7, 11) is 0. The Morgan fingerprint density at radius 2 is 0.500 bits per heavy atom. The predicted molar refractivity (Wildman–Crippen MR) is 46.1 cm³/mol. The van der Waals surface area contributed by atoms with Gasteiger partial charge in [-0.3, -0.25) is 0 Å². The van der Waals surface area contributed by atoms with Gasteiger partial charge in [0.05, 0.1) is 0 Å². The zero-order chi connectivity index (χ0) is 0.